The molecule has 6 nitrogen and oxygen atoms in total. The van der Waals surface area contributed by atoms with Crippen molar-refractivity contribution in [1.29, 1.82) is 0 Å². The number of hydrogen-bond acceptors (Lipinski definition) is 7. The number of benzene rings is 3. The highest BCUT2D eigenvalue weighted by atomic mass is 32.1. The Morgan fingerprint density at radius 1 is 0.652 bits per heavy atom. The van der Waals surface area contributed by atoms with Crippen LogP contribution in [0.3, 0.4) is 0 Å². The van der Waals surface area contributed by atoms with Gasteiger partial charge >= 0.3 is 0 Å². The Morgan fingerprint density at radius 2 is 1.00 bits per heavy atom. The molecule has 0 aliphatic carbocycles. The van der Waals surface area contributed by atoms with E-state index in [4.69, 9.17) is 37.6 Å². The molecular weight excluding hydrogens is 623 g/mol. The Hall–Kier alpha value is -2.31. The molecule has 5 N–H and O–H groups in total. The zero-order valence-corrected chi connectivity index (χ0v) is 32.6. The molecule has 0 spiro atoms. The lowest BCUT2D eigenvalue weighted by molar-refractivity contribution is 0.264. The molecule has 0 heterocycles. The predicted molar refractivity (Wildman–Crippen MR) is 204 cm³/mol. The molecule has 3 rings (SSSR count). The summed E-state index contributed by atoms with van der Waals surface area (Å²) in [6, 6.07) is 29.5. The first-order valence-corrected chi connectivity index (χ1v) is 22.2. The summed E-state index contributed by atoms with van der Waals surface area (Å²) in [6.45, 7) is 23.6. The zero-order valence-electron chi connectivity index (χ0n) is 29.8. The van der Waals surface area contributed by atoms with E-state index in [2.05, 4.69) is 102 Å². The SMILES string of the molecule is CC(C)(C)[Si](C)(C)OC[C@H](N)c1ccccc1.CC(C)(C)[Si](C)(C)OC[C@H](N=C=S)c1ccccc1.N[C@@H](CO)c1ccccc1. The van der Waals surface area contributed by atoms with Gasteiger partial charge in [0.1, 0.15) is 6.04 Å². The second-order valence-electron chi connectivity index (χ2n) is 14.5. The number of aliphatic imine (C=N–C) groups is 1. The molecular formula is C37H59N3O3SSi2. The Kier molecular flexibility index (Phi) is 17.7. The first-order valence-electron chi connectivity index (χ1n) is 16.0. The van der Waals surface area contributed by atoms with Gasteiger partial charge in [-0.05, 0) is 65.2 Å². The monoisotopic (exact) mass is 681 g/mol. The van der Waals surface area contributed by atoms with E-state index in [1.54, 1.807) is 0 Å². The molecule has 3 aromatic rings. The predicted octanol–water partition coefficient (Wildman–Crippen LogP) is 9.24. The number of hydrogen-bond donors (Lipinski definition) is 3. The number of nitrogens with zero attached hydrogens (tertiary/aromatic N) is 1. The van der Waals surface area contributed by atoms with Crippen LogP contribution in [0, 0.1) is 0 Å². The summed E-state index contributed by atoms with van der Waals surface area (Å²) in [7, 11) is -3.43. The molecule has 0 saturated heterocycles. The van der Waals surface area contributed by atoms with Gasteiger partial charge in [0.15, 0.2) is 16.6 Å². The van der Waals surface area contributed by atoms with E-state index < -0.39 is 16.6 Å². The molecule has 3 aromatic carbocycles. The maximum atomic E-state index is 8.66. The first-order chi connectivity index (χ1) is 21.4. The maximum Gasteiger partial charge on any atom is 0.192 e. The van der Waals surface area contributed by atoms with Crippen LogP contribution in [-0.4, -0.2) is 46.7 Å². The van der Waals surface area contributed by atoms with Crippen LogP contribution in [0.4, 0.5) is 0 Å². The zero-order chi connectivity index (χ0) is 35.0. The normalized spacial score (nSPS) is 13.9. The molecule has 0 amide bonds. The first kappa shape index (κ1) is 41.7. The fourth-order valence-corrected chi connectivity index (χ4v) is 5.73. The molecule has 254 valence electrons. The second-order valence-corrected chi connectivity index (χ2v) is 24.3. The Labute approximate surface area is 286 Å². The van der Waals surface area contributed by atoms with E-state index in [-0.39, 0.29) is 34.8 Å². The van der Waals surface area contributed by atoms with Crippen LogP contribution in [-0.2, 0) is 8.85 Å². The minimum atomic E-state index is -1.75. The van der Waals surface area contributed by atoms with Crippen molar-refractivity contribution in [2.45, 2.75) is 95.9 Å². The molecule has 46 heavy (non-hydrogen) atoms. The third-order valence-electron chi connectivity index (χ3n) is 8.88. The Bertz CT molecular complexity index is 1290. The van der Waals surface area contributed by atoms with Crippen molar-refractivity contribution in [2.75, 3.05) is 19.8 Å². The topological polar surface area (TPSA) is 103 Å². The van der Waals surface area contributed by atoms with E-state index in [0.29, 0.717) is 13.2 Å². The Balaban J connectivity index is 0.000000361. The van der Waals surface area contributed by atoms with E-state index in [9.17, 15) is 0 Å². The van der Waals surface area contributed by atoms with Gasteiger partial charge in [0.05, 0.1) is 37.1 Å². The van der Waals surface area contributed by atoms with Gasteiger partial charge in [-0.25, -0.2) is 4.99 Å². The summed E-state index contributed by atoms with van der Waals surface area (Å²) in [6.07, 6.45) is 0. The van der Waals surface area contributed by atoms with Crippen LogP contribution in [0.5, 0.6) is 0 Å². The molecule has 0 bridgehead atoms. The molecule has 0 fully saturated rings. The average molecular weight is 682 g/mol. The summed E-state index contributed by atoms with van der Waals surface area (Å²) in [5, 5.41) is 11.6. The third-order valence-corrected chi connectivity index (χ3v) is 18.0. The molecule has 0 aromatic heterocycles. The lowest BCUT2D eigenvalue weighted by Crippen LogP contribution is -2.42. The molecule has 0 aliphatic rings. The van der Waals surface area contributed by atoms with Gasteiger partial charge in [0, 0.05) is 0 Å². The van der Waals surface area contributed by atoms with Crippen molar-refractivity contribution >= 4 is 34.0 Å². The van der Waals surface area contributed by atoms with E-state index in [1.165, 1.54) is 0 Å². The van der Waals surface area contributed by atoms with Gasteiger partial charge in [-0.15, -0.1) is 0 Å². The molecule has 0 saturated carbocycles. The summed E-state index contributed by atoms with van der Waals surface area (Å²) in [5.41, 5.74) is 14.9. The third kappa shape index (κ3) is 14.6. The van der Waals surface area contributed by atoms with E-state index >= 15 is 0 Å². The summed E-state index contributed by atoms with van der Waals surface area (Å²) in [4.78, 5) is 4.24. The lowest BCUT2D eigenvalue weighted by atomic mass is 10.1. The van der Waals surface area contributed by atoms with Crippen molar-refractivity contribution in [2.24, 2.45) is 16.5 Å². The number of nitrogens with two attached hydrogens (primary N) is 2. The van der Waals surface area contributed by atoms with Crippen LogP contribution in [0.15, 0.2) is 96.0 Å². The van der Waals surface area contributed by atoms with Crippen molar-refractivity contribution in [3.8, 4) is 0 Å². The molecule has 0 unspecified atom stereocenters. The minimum absolute atomic E-state index is 0.00398. The van der Waals surface area contributed by atoms with Crippen molar-refractivity contribution in [3.05, 3.63) is 108 Å². The minimum Gasteiger partial charge on any atom is -0.415 e. The maximum absolute atomic E-state index is 8.66. The molecule has 0 radical (unpaired) electrons. The molecule has 9 heteroatoms. The van der Waals surface area contributed by atoms with Gasteiger partial charge in [0.25, 0.3) is 0 Å². The van der Waals surface area contributed by atoms with Crippen LogP contribution >= 0.6 is 12.2 Å². The summed E-state index contributed by atoms with van der Waals surface area (Å²) in [5.74, 6) is 0. The Morgan fingerprint density at radius 3 is 1.35 bits per heavy atom. The highest BCUT2D eigenvalue weighted by Gasteiger charge is 2.38. The molecule has 3 atom stereocenters. The average Bonchev–Trinajstić information content (AvgIpc) is 3.02. The lowest BCUT2D eigenvalue weighted by Gasteiger charge is -2.37. The number of aliphatic hydroxyl groups is 1. The number of isothiocyanates is 1. The molecule has 0 aliphatic heterocycles. The summed E-state index contributed by atoms with van der Waals surface area (Å²) < 4.78 is 12.3. The van der Waals surface area contributed by atoms with Crippen LogP contribution in [0.2, 0.25) is 36.3 Å². The summed E-state index contributed by atoms with van der Waals surface area (Å²) >= 11 is 4.75. The number of rotatable bonds is 11. The smallest absolute Gasteiger partial charge is 0.192 e. The largest absolute Gasteiger partial charge is 0.415 e. The van der Waals surface area contributed by atoms with Crippen LogP contribution in [0.25, 0.3) is 0 Å². The highest BCUT2D eigenvalue weighted by molar-refractivity contribution is 7.78. The van der Waals surface area contributed by atoms with E-state index in [1.807, 2.05) is 66.7 Å². The fourth-order valence-electron chi connectivity index (χ4n) is 3.57. The second kappa shape index (κ2) is 19.5. The van der Waals surface area contributed by atoms with Gasteiger partial charge in [-0.2, -0.15) is 0 Å². The van der Waals surface area contributed by atoms with Gasteiger partial charge < -0.3 is 25.4 Å². The van der Waals surface area contributed by atoms with Crippen LogP contribution < -0.4 is 11.5 Å². The van der Waals surface area contributed by atoms with Crippen molar-refractivity contribution < 1.29 is 14.0 Å². The van der Waals surface area contributed by atoms with E-state index in [0.717, 1.165) is 16.7 Å². The fraction of sp³-hybridized carbons (Fsp3) is 0.486. The van der Waals surface area contributed by atoms with Gasteiger partial charge in [-0.3, -0.25) is 0 Å². The highest BCUT2D eigenvalue weighted by Crippen LogP contribution is 2.38. The van der Waals surface area contributed by atoms with Gasteiger partial charge in [-0.1, -0.05) is 133 Å². The van der Waals surface area contributed by atoms with Crippen molar-refractivity contribution in [3.63, 3.8) is 0 Å². The van der Waals surface area contributed by atoms with Crippen molar-refractivity contribution in [1.82, 2.24) is 0 Å². The number of thiocarbonyl (C=S) groups is 1. The standard InChI is InChI=1S/C15H23NOSSi.C14H25NOSi.C8H11NO/c1-15(2,3)19(4,5)17-11-14(16-12-18)13-9-7-6-8-10-13;1-14(2,3)17(4,5)16-11-13(15)12-9-7-6-8-10-12;9-8(6-10)7-4-2-1-3-5-7/h6-10,14H,11H2,1-5H3;6-10,13H,11,15H2,1-5H3;1-5,8,10H,6,9H2/t14-;13-;8-/m000/s1. The number of aliphatic hydroxyl groups excluding tert-OH is 1. The quantitative estimate of drug-likeness (QED) is 0.106. The van der Waals surface area contributed by atoms with Gasteiger partial charge in [0.2, 0.25) is 0 Å². The van der Waals surface area contributed by atoms with Crippen LogP contribution in [0.1, 0.15) is 76.4 Å².